The molecule has 0 aromatic heterocycles. The highest BCUT2D eigenvalue weighted by Gasteiger charge is 2.84. The molecule has 2 aliphatic heterocycles. The molecule has 0 radical (unpaired) electrons. The predicted molar refractivity (Wildman–Crippen MR) is 129 cm³/mol. The van der Waals surface area contributed by atoms with Gasteiger partial charge < -0.3 is 24.1 Å². The zero-order valence-corrected chi connectivity index (χ0v) is 21.9. The molecule has 6 nitrogen and oxygen atoms in total. The minimum Gasteiger partial charge on any atom is -0.481 e. The monoisotopic (exact) mass is 486 g/mol. The lowest BCUT2D eigenvalue weighted by Gasteiger charge is -2.58. The lowest BCUT2D eigenvalue weighted by atomic mass is 9.43. The number of aliphatic carboxylic acids is 1. The zero-order valence-electron chi connectivity index (χ0n) is 21.9. The van der Waals surface area contributed by atoms with Crippen molar-refractivity contribution in [2.45, 2.75) is 85.2 Å². The van der Waals surface area contributed by atoms with Gasteiger partial charge in [-0.05, 0) is 61.7 Å². The molecule has 6 aliphatic rings. The lowest BCUT2D eigenvalue weighted by Crippen LogP contribution is -2.63. The first kappa shape index (κ1) is 24.1. The van der Waals surface area contributed by atoms with Gasteiger partial charge in [-0.15, -0.1) is 0 Å². The minimum absolute atomic E-state index is 0.0477. The highest BCUT2D eigenvalue weighted by atomic mass is 16.7. The minimum atomic E-state index is -1.19. The molecule has 35 heavy (non-hydrogen) atoms. The van der Waals surface area contributed by atoms with Crippen LogP contribution in [0.1, 0.15) is 66.7 Å². The zero-order chi connectivity index (χ0) is 24.9. The molecule has 2 heterocycles. The Bertz CT molecular complexity index is 943. The van der Waals surface area contributed by atoms with E-state index in [1.54, 1.807) is 0 Å². The van der Waals surface area contributed by atoms with Crippen LogP contribution in [-0.2, 0) is 23.8 Å². The first-order valence-electron chi connectivity index (χ1n) is 13.9. The molecule has 6 rings (SSSR count). The number of carboxylic acid groups (broad SMARTS) is 1. The van der Waals surface area contributed by atoms with E-state index in [9.17, 15) is 14.7 Å². The van der Waals surface area contributed by atoms with Crippen LogP contribution in [0.5, 0.6) is 0 Å². The number of rotatable bonds is 6. The summed E-state index contributed by atoms with van der Waals surface area (Å²) in [6, 6.07) is 0. The van der Waals surface area contributed by atoms with Gasteiger partial charge in [-0.2, -0.15) is 0 Å². The Morgan fingerprint density at radius 2 is 2.00 bits per heavy atom. The third kappa shape index (κ3) is 2.77. The van der Waals surface area contributed by atoms with Gasteiger partial charge in [0.2, 0.25) is 0 Å². The number of carbonyl (C=O) groups excluding carboxylic acids is 1. The van der Waals surface area contributed by atoms with Crippen molar-refractivity contribution in [1.29, 1.82) is 0 Å². The van der Waals surface area contributed by atoms with Crippen LogP contribution in [0, 0.1) is 57.7 Å². The maximum absolute atomic E-state index is 13.5. The number of ether oxygens (including phenoxy) is 3. The van der Waals surface area contributed by atoms with Crippen molar-refractivity contribution in [3.8, 4) is 0 Å². The van der Waals surface area contributed by atoms with Crippen LogP contribution in [0.4, 0.5) is 0 Å². The molecule has 6 heteroatoms. The van der Waals surface area contributed by atoms with Crippen molar-refractivity contribution in [3.63, 3.8) is 0 Å². The second-order valence-electron chi connectivity index (χ2n) is 13.2. The fourth-order valence-electron chi connectivity index (χ4n) is 10.4. The normalized spacial score (nSPS) is 54.0. The second kappa shape index (κ2) is 7.88. The smallest absolute Gasteiger partial charge is 0.315 e. The van der Waals surface area contributed by atoms with Gasteiger partial charge in [0.05, 0.1) is 24.2 Å². The Hall–Kier alpha value is -1.24. The fraction of sp³-hybridized carbons (Fsp3) is 0.862. The molecule has 4 bridgehead atoms. The lowest BCUT2D eigenvalue weighted by molar-refractivity contribution is -0.249. The number of hydrogen-bond acceptors (Lipinski definition) is 5. The molecule has 3 saturated carbocycles. The maximum atomic E-state index is 13.5. The van der Waals surface area contributed by atoms with Crippen molar-refractivity contribution < 1.29 is 28.9 Å². The standard InChI is InChI=1S/C29H42O6/c1-15(2)22-8-19-10-27(13-30)21-7-6-16(3)20(21)11-28(19,29(22,27)26(31)32)14-34-24-9-23-25(18(5)35-24)17(4)12-33-23/h8,13,15-21,23-25H,6-7,9-12,14H2,1-5H3,(H,31,32)/t16-,17+,18-,19+,20-,21-,23+,24-,25-,27+,28?,29?/m1/s1. The molecule has 0 aromatic carbocycles. The first-order chi connectivity index (χ1) is 16.6. The van der Waals surface area contributed by atoms with Crippen LogP contribution in [0.25, 0.3) is 0 Å². The third-order valence-corrected chi connectivity index (χ3v) is 11.6. The second-order valence-corrected chi connectivity index (χ2v) is 13.2. The Labute approximate surface area is 209 Å². The largest absolute Gasteiger partial charge is 0.481 e. The average Bonchev–Trinajstić information content (AvgIpc) is 3.50. The maximum Gasteiger partial charge on any atom is 0.315 e. The van der Waals surface area contributed by atoms with Crippen LogP contribution >= 0.6 is 0 Å². The molecule has 4 aliphatic carbocycles. The van der Waals surface area contributed by atoms with Crippen LogP contribution in [0.2, 0.25) is 0 Å². The van der Waals surface area contributed by atoms with E-state index in [1.165, 1.54) is 0 Å². The van der Waals surface area contributed by atoms with Crippen molar-refractivity contribution in [1.82, 2.24) is 0 Å². The van der Waals surface area contributed by atoms with Gasteiger partial charge >= 0.3 is 5.97 Å². The van der Waals surface area contributed by atoms with Crippen LogP contribution < -0.4 is 0 Å². The molecule has 5 fully saturated rings. The molecule has 2 saturated heterocycles. The summed E-state index contributed by atoms with van der Waals surface area (Å²) >= 11 is 0. The molecule has 2 unspecified atom stereocenters. The summed E-state index contributed by atoms with van der Waals surface area (Å²) in [5.74, 6) is 1.18. The van der Waals surface area contributed by atoms with Crippen molar-refractivity contribution in [2.24, 2.45) is 57.7 Å². The summed E-state index contributed by atoms with van der Waals surface area (Å²) in [5.41, 5.74) is -1.68. The molecule has 0 spiro atoms. The summed E-state index contributed by atoms with van der Waals surface area (Å²) in [7, 11) is 0. The Morgan fingerprint density at radius 1 is 1.23 bits per heavy atom. The summed E-state index contributed by atoms with van der Waals surface area (Å²) in [6.45, 7) is 11.9. The van der Waals surface area contributed by atoms with Gasteiger partial charge in [-0.3, -0.25) is 4.79 Å². The number of fused-ring (bicyclic) bond motifs is 3. The van der Waals surface area contributed by atoms with Crippen LogP contribution in [-0.4, -0.2) is 49.1 Å². The Morgan fingerprint density at radius 3 is 2.69 bits per heavy atom. The predicted octanol–water partition coefficient (Wildman–Crippen LogP) is 4.71. The van der Waals surface area contributed by atoms with Crippen LogP contribution in [0.15, 0.2) is 11.6 Å². The topological polar surface area (TPSA) is 82.1 Å². The molecule has 0 aromatic rings. The Balaban J connectivity index is 1.38. The third-order valence-electron chi connectivity index (χ3n) is 11.6. The SMILES string of the molecule is CC(C)C1=C[C@H]2C[C@]3(C=O)[C@@H]4CC[C@@H](C)[C@H]4CC2(CO[C@H]2C[C@@H]4OC[C@H](C)[C@@H]4[C@@H](C)O2)C13C(=O)O. The molecular weight excluding hydrogens is 444 g/mol. The number of carboxylic acids is 1. The van der Waals surface area contributed by atoms with E-state index in [1.807, 2.05) is 0 Å². The van der Waals surface area contributed by atoms with Gasteiger partial charge in [-0.25, -0.2) is 0 Å². The van der Waals surface area contributed by atoms with E-state index in [0.29, 0.717) is 43.1 Å². The van der Waals surface area contributed by atoms with Gasteiger partial charge in [0, 0.05) is 24.4 Å². The quantitative estimate of drug-likeness (QED) is 0.432. The molecule has 194 valence electrons. The highest BCUT2D eigenvalue weighted by molar-refractivity contribution is 5.90. The summed E-state index contributed by atoms with van der Waals surface area (Å²) in [5, 5.41) is 11.1. The summed E-state index contributed by atoms with van der Waals surface area (Å²) in [6.07, 6.45) is 7.27. The Kier molecular flexibility index (Phi) is 5.43. The number of aldehydes is 1. The van der Waals surface area contributed by atoms with E-state index in [4.69, 9.17) is 14.2 Å². The van der Waals surface area contributed by atoms with E-state index < -0.39 is 28.5 Å². The molecular formula is C29H42O6. The number of hydrogen-bond donors (Lipinski definition) is 1. The first-order valence-corrected chi connectivity index (χ1v) is 13.9. The van der Waals surface area contributed by atoms with Crippen molar-refractivity contribution in [2.75, 3.05) is 13.2 Å². The van der Waals surface area contributed by atoms with Gasteiger partial charge in [-0.1, -0.05) is 45.8 Å². The van der Waals surface area contributed by atoms with Crippen LogP contribution in [0.3, 0.4) is 0 Å². The van der Waals surface area contributed by atoms with E-state index in [0.717, 1.165) is 37.7 Å². The van der Waals surface area contributed by atoms with Gasteiger partial charge in [0.25, 0.3) is 0 Å². The fourth-order valence-corrected chi connectivity index (χ4v) is 10.4. The molecule has 0 amide bonds. The van der Waals surface area contributed by atoms with Crippen molar-refractivity contribution >= 4 is 12.3 Å². The average molecular weight is 487 g/mol. The van der Waals surface area contributed by atoms with E-state index in [-0.39, 0.29) is 30.0 Å². The summed E-state index contributed by atoms with van der Waals surface area (Å²) < 4.78 is 19.0. The molecule has 1 N–H and O–H groups in total. The summed E-state index contributed by atoms with van der Waals surface area (Å²) in [4.78, 5) is 26.7. The van der Waals surface area contributed by atoms with Gasteiger partial charge in [0.15, 0.2) is 6.29 Å². The number of allylic oxidation sites excluding steroid dienone is 1. The number of carbonyl (C=O) groups is 2. The highest BCUT2D eigenvalue weighted by Crippen LogP contribution is 2.82. The molecule has 12 atom stereocenters. The van der Waals surface area contributed by atoms with E-state index in [2.05, 4.69) is 40.7 Å². The van der Waals surface area contributed by atoms with Gasteiger partial charge in [0.1, 0.15) is 11.7 Å². The van der Waals surface area contributed by atoms with E-state index >= 15 is 0 Å². The van der Waals surface area contributed by atoms with Crippen molar-refractivity contribution in [3.05, 3.63) is 11.6 Å².